The minimum Gasteiger partial charge on any atom is -0.490 e. The summed E-state index contributed by atoms with van der Waals surface area (Å²) in [4.78, 5) is 10.8. The molecule has 1 heterocycles. The number of benzene rings is 1. The summed E-state index contributed by atoms with van der Waals surface area (Å²) in [5.41, 5.74) is 1.45. The molecule has 0 unspecified atom stereocenters. The summed E-state index contributed by atoms with van der Waals surface area (Å²) >= 11 is 0. The van der Waals surface area contributed by atoms with Gasteiger partial charge in [-0.3, -0.25) is 10.1 Å². The molecular weight excluding hydrogens is 320 g/mol. The first-order valence-corrected chi connectivity index (χ1v) is 8.72. The van der Waals surface area contributed by atoms with Crippen molar-refractivity contribution in [2.75, 3.05) is 5.32 Å². The van der Waals surface area contributed by atoms with Gasteiger partial charge in [-0.1, -0.05) is 18.6 Å². The van der Waals surface area contributed by atoms with Gasteiger partial charge in [-0.25, -0.2) is 4.68 Å². The maximum absolute atomic E-state index is 11.2. The Balaban J connectivity index is 1.68. The molecule has 1 fully saturated rings. The molecule has 0 saturated heterocycles. The number of anilines is 1. The molecule has 1 N–H and O–H groups in total. The lowest BCUT2D eigenvalue weighted by molar-refractivity contribution is -0.384. The minimum absolute atomic E-state index is 0.0251. The summed E-state index contributed by atoms with van der Waals surface area (Å²) in [7, 11) is 1.70. The number of nitrogens with one attached hydrogen (secondary N) is 1. The van der Waals surface area contributed by atoms with Crippen molar-refractivity contribution in [1.82, 2.24) is 9.78 Å². The predicted molar refractivity (Wildman–Crippen MR) is 95.9 cm³/mol. The zero-order chi connectivity index (χ0) is 17.8. The number of rotatable bonds is 6. The fraction of sp³-hybridized carbons (Fsp3) is 0.500. The molecular formula is C18H24N4O3. The van der Waals surface area contributed by atoms with Crippen molar-refractivity contribution in [3.8, 4) is 5.75 Å². The van der Waals surface area contributed by atoms with Gasteiger partial charge in [0.25, 0.3) is 0 Å². The van der Waals surface area contributed by atoms with Crippen LogP contribution in [-0.2, 0) is 13.6 Å². The molecule has 0 atom stereocenters. The zero-order valence-corrected chi connectivity index (χ0v) is 14.7. The normalized spacial score (nSPS) is 15.1. The molecule has 7 nitrogen and oxygen atoms in total. The van der Waals surface area contributed by atoms with Crippen molar-refractivity contribution in [1.29, 1.82) is 0 Å². The Kier molecular flexibility index (Phi) is 5.21. The smallest absolute Gasteiger partial charge is 0.333 e. The Morgan fingerprint density at radius 3 is 2.84 bits per heavy atom. The van der Waals surface area contributed by atoms with E-state index in [1.54, 1.807) is 14.0 Å². The average Bonchev–Trinajstić information content (AvgIpc) is 2.88. The lowest BCUT2D eigenvalue weighted by Crippen LogP contribution is -2.19. The van der Waals surface area contributed by atoms with Gasteiger partial charge in [-0.05, 0) is 50.3 Å². The van der Waals surface area contributed by atoms with Crippen LogP contribution < -0.4 is 10.1 Å². The Bertz CT molecular complexity index is 751. The fourth-order valence-electron chi connectivity index (χ4n) is 3.35. The van der Waals surface area contributed by atoms with Crippen LogP contribution in [0.4, 0.5) is 11.5 Å². The second kappa shape index (κ2) is 7.55. The molecule has 2 aromatic rings. The maximum Gasteiger partial charge on any atom is 0.333 e. The summed E-state index contributed by atoms with van der Waals surface area (Å²) in [6, 6.07) is 7.90. The topological polar surface area (TPSA) is 82.2 Å². The summed E-state index contributed by atoms with van der Waals surface area (Å²) in [6.45, 7) is 2.11. The van der Waals surface area contributed by atoms with Crippen LogP contribution in [0.25, 0.3) is 0 Å². The van der Waals surface area contributed by atoms with E-state index in [0.29, 0.717) is 24.2 Å². The first-order valence-electron chi connectivity index (χ1n) is 8.72. The molecule has 1 aromatic heterocycles. The molecule has 1 aromatic carbocycles. The number of aryl methyl sites for hydroxylation is 2. The summed E-state index contributed by atoms with van der Waals surface area (Å²) in [6.07, 6.45) is 6.29. The molecule has 7 heteroatoms. The van der Waals surface area contributed by atoms with Gasteiger partial charge < -0.3 is 10.1 Å². The Hall–Kier alpha value is -2.57. The monoisotopic (exact) mass is 344 g/mol. The van der Waals surface area contributed by atoms with Gasteiger partial charge in [0.05, 0.1) is 11.0 Å². The molecule has 1 aliphatic rings. The number of ether oxygens (including phenoxy) is 1. The first kappa shape index (κ1) is 17.3. The molecule has 25 heavy (non-hydrogen) atoms. The molecule has 0 spiro atoms. The van der Waals surface area contributed by atoms with E-state index in [2.05, 4.69) is 10.4 Å². The summed E-state index contributed by atoms with van der Waals surface area (Å²) in [5, 5.41) is 18.5. The molecule has 0 bridgehead atoms. The van der Waals surface area contributed by atoms with E-state index in [9.17, 15) is 10.1 Å². The van der Waals surface area contributed by atoms with E-state index in [1.807, 2.05) is 24.3 Å². The van der Waals surface area contributed by atoms with Gasteiger partial charge in [-0.15, -0.1) is 0 Å². The van der Waals surface area contributed by atoms with E-state index in [-0.39, 0.29) is 5.69 Å². The third-order valence-corrected chi connectivity index (χ3v) is 4.59. The van der Waals surface area contributed by atoms with E-state index < -0.39 is 4.92 Å². The van der Waals surface area contributed by atoms with Crippen molar-refractivity contribution in [2.24, 2.45) is 7.05 Å². The standard InChI is InChI=1S/C18H24N4O3/c1-13-17(22(23)24)18(21(2)20-13)19-12-14-7-6-10-16(11-14)25-15-8-4-3-5-9-15/h6-7,10-11,15,19H,3-5,8-9,12H2,1-2H3. The van der Waals surface area contributed by atoms with Crippen molar-refractivity contribution in [3.05, 3.63) is 45.6 Å². The van der Waals surface area contributed by atoms with E-state index in [1.165, 1.54) is 23.9 Å². The maximum atomic E-state index is 11.2. The van der Waals surface area contributed by atoms with Gasteiger partial charge in [0, 0.05) is 13.6 Å². The van der Waals surface area contributed by atoms with Crippen molar-refractivity contribution >= 4 is 11.5 Å². The second-order valence-electron chi connectivity index (χ2n) is 6.54. The number of hydrogen-bond donors (Lipinski definition) is 1. The van der Waals surface area contributed by atoms with Crippen LogP contribution >= 0.6 is 0 Å². The van der Waals surface area contributed by atoms with Crippen molar-refractivity contribution in [2.45, 2.75) is 51.7 Å². The average molecular weight is 344 g/mol. The van der Waals surface area contributed by atoms with Crippen molar-refractivity contribution in [3.63, 3.8) is 0 Å². The molecule has 1 aliphatic carbocycles. The molecule has 0 amide bonds. The highest BCUT2D eigenvalue weighted by Gasteiger charge is 2.23. The lowest BCUT2D eigenvalue weighted by atomic mass is 9.98. The second-order valence-corrected chi connectivity index (χ2v) is 6.54. The van der Waals surface area contributed by atoms with Crippen LogP contribution in [-0.4, -0.2) is 20.8 Å². The lowest BCUT2D eigenvalue weighted by Gasteiger charge is -2.23. The molecule has 3 rings (SSSR count). The predicted octanol–water partition coefficient (Wildman–Crippen LogP) is 3.96. The quantitative estimate of drug-likeness (QED) is 0.633. The van der Waals surface area contributed by atoms with Crippen LogP contribution in [0.1, 0.15) is 43.4 Å². The van der Waals surface area contributed by atoms with Gasteiger partial charge >= 0.3 is 5.69 Å². The third-order valence-electron chi connectivity index (χ3n) is 4.59. The largest absolute Gasteiger partial charge is 0.490 e. The van der Waals surface area contributed by atoms with Gasteiger partial charge in [0.15, 0.2) is 0 Å². The van der Waals surface area contributed by atoms with E-state index >= 15 is 0 Å². The molecule has 1 saturated carbocycles. The number of nitrogens with zero attached hydrogens (tertiary/aromatic N) is 3. The zero-order valence-electron chi connectivity index (χ0n) is 14.7. The molecule has 0 radical (unpaired) electrons. The number of hydrogen-bond acceptors (Lipinski definition) is 5. The van der Waals surface area contributed by atoms with Gasteiger partial charge in [-0.2, -0.15) is 5.10 Å². The molecule has 134 valence electrons. The Labute approximate surface area is 147 Å². The van der Waals surface area contributed by atoms with Crippen LogP contribution in [0.2, 0.25) is 0 Å². The van der Waals surface area contributed by atoms with Crippen molar-refractivity contribution < 1.29 is 9.66 Å². The van der Waals surface area contributed by atoms with Crippen LogP contribution in [0.5, 0.6) is 5.75 Å². The van der Waals surface area contributed by atoms with E-state index in [0.717, 1.165) is 24.2 Å². The highest BCUT2D eigenvalue weighted by atomic mass is 16.6. The first-order chi connectivity index (χ1) is 12.0. The Morgan fingerprint density at radius 2 is 2.12 bits per heavy atom. The summed E-state index contributed by atoms with van der Waals surface area (Å²) in [5.74, 6) is 1.28. The minimum atomic E-state index is -0.396. The van der Waals surface area contributed by atoms with Gasteiger partial charge in [0.1, 0.15) is 11.4 Å². The van der Waals surface area contributed by atoms with E-state index in [4.69, 9.17) is 4.74 Å². The van der Waals surface area contributed by atoms with Crippen LogP contribution in [0, 0.1) is 17.0 Å². The number of nitro groups is 1. The van der Waals surface area contributed by atoms with Crippen LogP contribution in [0.15, 0.2) is 24.3 Å². The molecule has 0 aliphatic heterocycles. The van der Waals surface area contributed by atoms with Gasteiger partial charge in [0.2, 0.25) is 5.82 Å². The Morgan fingerprint density at radius 1 is 1.36 bits per heavy atom. The summed E-state index contributed by atoms with van der Waals surface area (Å²) < 4.78 is 7.59. The van der Waals surface area contributed by atoms with Crippen LogP contribution in [0.3, 0.4) is 0 Å². The SMILES string of the molecule is Cc1nn(C)c(NCc2cccc(OC3CCCCC3)c2)c1[N+](=O)[O-]. The fourth-order valence-corrected chi connectivity index (χ4v) is 3.35. The highest BCUT2D eigenvalue weighted by Crippen LogP contribution is 2.28. The number of aromatic nitrogens is 2. The third kappa shape index (κ3) is 4.10. The highest BCUT2D eigenvalue weighted by molar-refractivity contribution is 5.59.